The van der Waals surface area contributed by atoms with E-state index in [0.717, 1.165) is 18.4 Å². The molecular weight excluding hydrogens is 418 g/mol. The Kier molecular flexibility index (Phi) is 6.49. The molecule has 1 aliphatic rings. The van der Waals surface area contributed by atoms with Crippen molar-refractivity contribution in [2.75, 3.05) is 7.05 Å². The summed E-state index contributed by atoms with van der Waals surface area (Å²) in [7, 11) is 1.55. The number of fused-ring (bicyclic) bond motifs is 1. The molecule has 0 spiro atoms. The third-order valence-electron chi connectivity index (χ3n) is 5.70. The lowest BCUT2D eigenvalue weighted by atomic mass is 9.88. The molecule has 0 fully saturated rings. The maximum absolute atomic E-state index is 12.7. The topological polar surface area (TPSA) is 97.4 Å². The number of ether oxygens (including phenoxy) is 1. The Hall–Kier alpha value is -4.00. The second kappa shape index (κ2) is 9.65. The van der Waals surface area contributed by atoms with E-state index in [-0.39, 0.29) is 29.3 Å². The molecule has 2 amide bonds. The molecule has 1 heterocycles. The summed E-state index contributed by atoms with van der Waals surface area (Å²) >= 11 is 0. The van der Waals surface area contributed by atoms with E-state index in [0.29, 0.717) is 29.0 Å². The van der Waals surface area contributed by atoms with Gasteiger partial charge in [-0.25, -0.2) is 0 Å². The zero-order valence-electron chi connectivity index (χ0n) is 18.6. The summed E-state index contributed by atoms with van der Waals surface area (Å²) in [6.07, 6.45) is 3.91. The van der Waals surface area contributed by atoms with E-state index < -0.39 is 0 Å². The minimum absolute atomic E-state index is 0.0120. The number of nitrogens with one attached hydrogen (secondary N) is 2. The van der Waals surface area contributed by atoms with Crippen molar-refractivity contribution in [3.63, 3.8) is 0 Å². The van der Waals surface area contributed by atoms with Crippen molar-refractivity contribution in [2.24, 2.45) is 0 Å². The van der Waals surface area contributed by atoms with Crippen LogP contribution in [0.3, 0.4) is 0 Å². The summed E-state index contributed by atoms with van der Waals surface area (Å²) in [4.78, 5) is 40.2. The highest BCUT2D eigenvalue weighted by molar-refractivity contribution is 5.99. The van der Waals surface area contributed by atoms with Gasteiger partial charge < -0.3 is 15.4 Å². The molecule has 1 aromatic heterocycles. The van der Waals surface area contributed by atoms with Crippen LogP contribution in [0.25, 0.3) is 0 Å². The van der Waals surface area contributed by atoms with Gasteiger partial charge in [0.05, 0.1) is 0 Å². The highest BCUT2D eigenvalue weighted by Crippen LogP contribution is 2.29. The van der Waals surface area contributed by atoms with Crippen LogP contribution < -0.4 is 15.4 Å². The summed E-state index contributed by atoms with van der Waals surface area (Å²) < 4.78 is 5.96. The third kappa shape index (κ3) is 5.26. The second-order valence-electron chi connectivity index (χ2n) is 8.04. The van der Waals surface area contributed by atoms with Crippen LogP contribution >= 0.6 is 0 Å². The number of amides is 2. The Morgan fingerprint density at radius 1 is 0.939 bits per heavy atom. The summed E-state index contributed by atoms with van der Waals surface area (Å²) in [5.74, 6) is 0.648. The van der Waals surface area contributed by atoms with E-state index in [4.69, 9.17) is 4.74 Å². The Bertz CT molecular complexity index is 1220. The molecule has 3 aromatic rings. The van der Waals surface area contributed by atoms with E-state index in [1.54, 1.807) is 43.4 Å². The Balaban J connectivity index is 1.45. The van der Waals surface area contributed by atoms with Gasteiger partial charge in [-0.1, -0.05) is 18.2 Å². The summed E-state index contributed by atoms with van der Waals surface area (Å²) in [6.45, 7) is 1.49. The molecule has 0 bridgehead atoms. The average Bonchev–Trinajstić information content (AvgIpc) is 2.83. The number of rotatable bonds is 6. The summed E-state index contributed by atoms with van der Waals surface area (Å²) in [5, 5.41) is 5.64. The number of Topliss-reactive ketones (excluding diaryl/α,β-unsaturated/α-hetero) is 1. The van der Waals surface area contributed by atoms with Gasteiger partial charge >= 0.3 is 0 Å². The first kappa shape index (κ1) is 22.2. The first-order chi connectivity index (χ1) is 15.9. The minimum atomic E-state index is -0.279. The number of benzene rings is 2. The largest absolute Gasteiger partial charge is 0.457 e. The number of pyridine rings is 1. The van der Waals surface area contributed by atoms with Gasteiger partial charge in [0, 0.05) is 36.5 Å². The fourth-order valence-corrected chi connectivity index (χ4v) is 3.93. The number of carbonyl (C=O) groups excluding carboxylic acids is 3. The van der Waals surface area contributed by atoms with Gasteiger partial charge in [-0.15, -0.1) is 0 Å². The molecule has 1 unspecified atom stereocenters. The number of aryl methyl sites for hydroxylation is 1. The average molecular weight is 444 g/mol. The van der Waals surface area contributed by atoms with Gasteiger partial charge in [0.2, 0.25) is 0 Å². The van der Waals surface area contributed by atoms with Crippen molar-refractivity contribution in [1.29, 1.82) is 0 Å². The Morgan fingerprint density at radius 3 is 2.52 bits per heavy atom. The van der Waals surface area contributed by atoms with Crippen molar-refractivity contribution in [1.82, 2.24) is 15.6 Å². The maximum atomic E-state index is 12.7. The molecule has 0 saturated carbocycles. The molecule has 4 rings (SSSR count). The lowest BCUT2D eigenvalue weighted by Crippen LogP contribution is -2.38. The maximum Gasteiger partial charge on any atom is 0.269 e. The summed E-state index contributed by atoms with van der Waals surface area (Å²) in [5.41, 5.74) is 3.63. The van der Waals surface area contributed by atoms with Crippen LogP contribution in [-0.2, 0) is 12.8 Å². The third-order valence-corrected chi connectivity index (χ3v) is 5.70. The van der Waals surface area contributed by atoms with Crippen LogP contribution in [0.5, 0.6) is 11.5 Å². The van der Waals surface area contributed by atoms with E-state index >= 15 is 0 Å². The normalized spacial score (nSPS) is 14.7. The first-order valence-electron chi connectivity index (χ1n) is 10.8. The molecule has 168 valence electrons. The molecule has 1 atom stereocenters. The van der Waals surface area contributed by atoms with Crippen molar-refractivity contribution < 1.29 is 19.1 Å². The van der Waals surface area contributed by atoms with Crippen LogP contribution in [0.4, 0.5) is 0 Å². The number of hydrogen-bond acceptors (Lipinski definition) is 5. The molecular formula is C26H25N3O4. The predicted molar refractivity (Wildman–Crippen MR) is 124 cm³/mol. The molecule has 2 aromatic carbocycles. The number of carbonyl (C=O) groups is 3. The Labute approximate surface area is 192 Å². The highest BCUT2D eigenvalue weighted by atomic mass is 16.5. The fourth-order valence-electron chi connectivity index (χ4n) is 3.93. The van der Waals surface area contributed by atoms with E-state index in [2.05, 4.69) is 15.6 Å². The number of nitrogens with zero attached hydrogens (tertiary/aromatic N) is 1. The standard InChI is InChI=1S/C26H25N3O4/c1-16(30)18-4-3-5-19(12-18)25(31)29-21-8-6-17-7-9-22(14-20(17)13-21)33-23-10-11-28-24(15-23)26(32)27-2/h3-5,7,9-12,14-15,21H,6,8,13H2,1-2H3,(H,27,32)(H,29,31). The van der Waals surface area contributed by atoms with E-state index in [9.17, 15) is 14.4 Å². The van der Waals surface area contributed by atoms with Crippen molar-refractivity contribution in [2.45, 2.75) is 32.2 Å². The fraction of sp³-hybridized carbons (Fsp3) is 0.231. The van der Waals surface area contributed by atoms with Gasteiger partial charge in [0.15, 0.2) is 5.78 Å². The SMILES string of the molecule is CNC(=O)c1cc(Oc2ccc3c(c2)CC(NC(=O)c2cccc(C(C)=O)c2)CC3)ccn1. The van der Waals surface area contributed by atoms with Crippen LogP contribution in [-0.4, -0.2) is 35.7 Å². The van der Waals surface area contributed by atoms with Gasteiger partial charge in [-0.05, 0) is 67.6 Å². The molecule has 7 nitrogen and oxygen atoms in total. The highest BCUT2D eigenvalue weighted by Gasteiger charge is 2.22. The molecule has 7 heteroatoms. The van der Waals surface area contributed by atoms with Gasteiger partial charge in [0.25, 0.3) is 11.8 Å². The zero-order valence-corrected chi connectivity index (χ0v) is 18.6. The van der Waals surface area contributed by atoms with E-state index in [1.165, 1.54) is 18.7 Å². The molecule has 2 N–H and O–H groups in total. The smallest absolute Gasteiger partial charge is 0.269 e. The van der Waals surface area contributed by atoms with Gasteiger partial charge in [0.1, 0.15) is 17.2 Å². The number of hydrogen-bond donors (Lipinski definition) is 2. The van der Waals surface area contributed by atoms with Crippen LogP contribution in [0.15, 0.2) is 60.8 Å². The second-order valence-corrected chi connectivity index (χ2v) is 8.04. The molecule has 0 radical (unpaired) electrons. The zero-order chi connectivity index (χ0) is 23.4. The lowest BCUT2D eigenvalue weighted by molar-refractivity contribution is 0.0931. The quantitative estimate of drug-likeness (QED) is 0.566. The van der Waals surface area contributed by atoms with Gasteiger partial charge in [-0.2, -0.15) is 0 Å². The first-order valence-corrected chi connectivity index (χ1v) is 10.8. The minimum Gasteiger partial charge on any atom is -0.457 e. The Morgan fingerprint density at radius 2 is 1.73 bits per heavy atom. The number of ketones is 1. The van der Waals surface area contributed by atoms with E-state index in [1.807, 2.05) is 18.2 Å². The van der Waals surface area contributed by atoms with Gasteiger partial charge in [-0.3, -0.25) is 19.4 Å². The molecule has 1 aliphatic carbocycles. The monoisotopic (exact) mass is 443 g/mol. The van der Waals surface area contributed by atoms with Crippen molar-refractivity contribution in [3.8, 4) is 11.5 Å². The van der Waals surface area contributed by atoms with Crippen LogP contribution in [0.1, 0.15) is 55.7 Å². The summed E-state index contributed by atoms with van der Waals surface area (Å²) in [6, 6.07) is 16.0. The van der Waals surface area contributed by atoms with Crippen molar-refractivity contribution in [3.05, 3.63) is 88.7 Å². The number of aromatic nitrogens is 1. The van der Waals surface area contributed by atoms with Crippen molar-refractivity contribution >= 4 is 17.6 Å². The van der Waals surface area contributed by atoms with Crippen LogP contribution in [0, 0.1) is 0 Å². The molecule has 0 saturated heterocycles. The van der Waals surface area contributed by atoms with Crippen LogP contribution in [0.2, 0.25) is 0 Å². The molecule has 33 heavy (non-hydrogen) atoms. The molecule has 0 aliphatic heterocycles. The predicted octanol–water partition coefficient (Wildman–Crippen LogP) is 3.72. The lowest BCUT2D eigenvalue weighted by Gasteiger charge is -2.26.